The van der Waals surface area contributed by atoms with Crippen molar-refractivity contribution in [1.82, 2.24) is 0 Å². The molecule has 0 radical (unpaired) electrons. The predicted octanol–water partition coefficient (Wildman–Crippen LogP) is 3.18. The van der Waals surface area contributed by atoms with Crippen molar-refractivity contribution in [3.05, 3.63) is 0 Å². The average Bonchev–Trinajstić information content (AvgIpc) is 2.44. The molecule has 7 heteroatoms. The van der Waals surface area contributed by atoms with Gasteiger partial charge in [-0.25, -0.2) is 8.42 Å². The molecule has 0 aromatic rings. The number of quaternary nitrogens is 1. The van der Waals surface area contributed by atoms with E-state index in [0.29, 0.717) is 0 Å². The van der Waals surface area contributed by atoms with Crippen LogP contribution in [0.1, 0.15) is 79.1 Å². The minimum atomic E-state index is -4.92. The molecule has 6 nitrogen and oxygen atoms in total. The van der Waals surface area contributed by atoms with Crippen LogP contribution in [-0.2, 0) is 10.4 Å². The van der Waals surface area contributed by atoms with Gasteiger partial charge in [0.15, 0.2) is 0 Å². The van der Waals surface area contributed by atoms with Gasteiger partial charge in [-0.3, -0.25) is 4.55 Å². The molecule has 0 rings (SSSR count). The summed E-state index contributed by atoms with van der Waals surface area (Å²) in [5.41, 5.74) is 0. The highest BCUT2D eigenvalue weighted by Gasteiger charge is 2.24. The lowest BCUT2D eigenvalue weighted by molar-refractivity contribution is -0.929. The Balaban J connectivity index is -0.000000578. The molecule has 0 bridgehead atoms. The second kappa shape index (κ2) is 16.6. The Labute approximate surface area is 143 Å². The molecular formula is C16H39NO5S. The lowest BCUT2D eigenvalue weighted by Crippen LogP contribution is -2.50. The second-order valence-corrected chi connectivity index (χ2v) is 6.93. The lowest BCUT2D eigenvalue weighted by atomic mass is 10.1. The summed E-state index contributed by atoms with van der Waals surface area (Å²) in [6.45, 7) is 15.0. The smallest absolute Gasteiger partial charge is 0.215 e. The highest BCUT2D eigenvalue weighted by molar-refractivity contribution is 7.79. The second-order valence-electron chi connectivity index (χ2n) is 6.08. The van der Waals surface area contributed by atoms with Crippen LogP contribution in [0.25, 0.3) is 0 Å². The van der Waals surface area contributed by atoms with E-state index >= 15 is 0 Å². The van der Waals surface area contributed by atoms with Crippen molar-refractivity contribution in [1.29, 1.82) is 0 Å². The third kappa shape index (κ3) is 21.8. The average molecular weight is 358 g/mol. The standard InChI is InChI=1S/C16H36N.H2O4S.H2O/c1-5-9-13-17(14-10-6-2,15-11-7-3)16-12-8-4;1-5(2,3)4;/h5-16H2,1-4H3;(H2,1,2,3,4);1H2/q+1;;/p-1. The summed E-state index contributed by atoms with van der Waals surface area (Å²) < 4.78 is 34.3. The van der Waals surface area contributed by atoms with Crippen molar-refractivity contribution in [3.8, 4) is 0 Å². The third-order valence-corrected chi connectivity index (χ3v) is 3.94. The van der Waals surface area contributed by atoms with Crippen molar-refractivity contribution in [2.75, 3.05) is 26.2 Å². The van der Waals surface area contributed by atoms with E-state index in [1.807, 2.05) is 0 Å². The van der Waals surface area contributed by atoms with E-state index in [2.05, 4.69) is 27.7 Å². The molecule has 0 saturated carbocycles. The fourth-order valence-corrected chi connectivity index (χ4v) is 2.64. The normalized spacial score (nSPS) is 11.4. The SMILES string of the molecule is CCCC[N+](CCCC)(CCCC)CCCC.O.O=S(=O)([O-])O. The van der Waals surface area contributed by atoms with E-state index in [-0.39, 0.29) is 5.48 Å². The molecule has 0 aliphatic heterocycles. The van der Waals surface area contributed by atoms with E-state index in [9.17, 15) is 0 Å². The Morgan fingerprint density at radius 2 is 0.913 bits per heavy atom. The zero-order valence-corrected chi connectivity index (χ0v) is 16.3. The quantitative estimate of drug-likeness (QED) is 0.328. The molecule has 0 spiro atoms. The molecule has 0 fully saturated rings. The van der Waals surface area contributed by atoms with Crippen LogP contribution in [0.2, 0.25) is 0 Å². The molecular weight excluding hydrogens is 318 g/mol. The number of hydrogen-bond donors (Lipinski definition) is 1. The topological polar surface area (TPSA) is 109 Å². The van der Waals surface area contributed by atoms with E-state index in [1.165, 1.54) is 82.0 Å². The Morgan fingerprint density at radius 1 is 0.739 bits per heavy atom. The molecule has 0 aromatic heterocycles. The molecule has 0 atom stereocenters. The number of rotatable bonds is 12. The summed E-state index contributed by atoms with van der Waals surface area (Å²) >= 11 is 0. The molecule has 0 aliphatic rings. The fourth-order valence-electron chi connectivity index (χ4n) is 2.64. The van der Waals surface area contributed by atoms with Gasteiger partial charge in [-0.1, -0.05) is 53.4 Å². The number of unbranched alkanes of at least 4 members (excludes halogenated alkanes) is 4. The van der Waals surface area contributed by atoms with E-state index in [4.69, 9.17) is 17.5 Å². The van der Waals surface area contributed by atoms with E-state index < -0.39 is 10.4 Å². The summed E-state index contributed by atoms with van der Waals surface area (Å²) in [5, 5.41) is 0. The maximum Gasteiger partial charge on any atom is 0.215 e. The van der Waals surface area contributed by atoms with Crippen molar-refractivity contribution < 1.29 is 27.5 Å². The van der Waals surface area contributed by atoms with Crippen molar-refractivity contribution in [3.63, 3.8) is 0 Å². The molecule has 0 unspecified atom stereocenters. The Kier molecular flexibility index (Phi) is 20.0. The molecule has 0 saturated heterocycles. The van der Waals surface area contributed by atoms with Gasteiger partial charge in [0, 0.05) is 0 Å². The maximum absolute atomic E-state index is 8.63. The monoisotopic (exact) mass is 357 g/mol. The van der Waals surface area contributed by atoms with Gasteiger partial charge in [-0.2, -0.15) is 0 Å². The van der Waals surface area contributed by atoms with Gasteiger partial charge >= 0.3 is 0 Å². The number of nitrogens with zero attached hydrogens (tertiary/aromatic N) is 1. The van der Waals surface area contributed by atoms with Crippen molar-refractivity contribution in [2.45, 2.75) is 79.1 Å². The first-order valence-electron chi connectivity index (χ1n) is 8.78. The van der Waals surface area contributed by atoms with Crippen LogP contribution in [0.3, 0.4) is 0 Å². The summed E-state index contributed by atoms with van der Waals surface area (Å²) in [4.78, 5) is 0. The van der Waals surface area contributed by atoms with Crippen LogP contribution in [0.5, 0.6) is 0 Å². The number of hydrogen-bond acceptors (Lipinski definition) is 3. The van der Waals surface area contributed by atoms with Crippen molar-refractivity contribution >= 4 is 10.4 Å². The summed E-state index contributed by atoms with van der Waals surface area (Å²) in [7, 11) is -4.92. The van der Waals surface area contributed by atoms with Gasteiger partial charge in [0.1, 0.15) is 0 Å². The van der Waals surface area contributed by atoms with Crippen LogP contribution in [-0.4, -0.2) is 53.7 Å². The van der Waals surface area contributed by atoms with Crippen LogP contribution in [0.15, 0.2) is 0 Å². The lowest BCUT2D eigenvalue weighted by Gasteiger charge is -2.39. The van der Waals surface area contributed by atoms with Crippen LogP contribution >= 0.6 is 0 Å². The highest BCUT2D eigenvalue weighted by Crippen LogP contribution is 2.16. The van der Waals surface area contributed by atoms with Crippen molar-refractivity contribution in [2.24, 2.45) is 0 Å². The highest BCUT2D eigenvalue weighted by atomic mass is 32.3. The Morgan fingerprint density at radius 3 is 1.04 bits per heavy atom. The third-order valence-electron chi connectivity index (χ3n) is 3.94. The summed E-state index contributed by atoms with van der Waals surface area (Å²) in [6.07, 6.45) is 11.1. The van der Waals surface area contributed by atoms with E-state index in [1.54, 1.807) is 0 Å². The minimum absolute atomic E-state index is 0. The molecule has 23 heavy (non-hydrogen) atoms. The molecule has 0 aromatic carbocycles. The molecule has 0 aliphatic carbocycles. The molecule has 144 valence electrons. The first-order valence-corrected chi connectivity index (χ1v) is 10.1. The molecule has 0 amide bonds. The van der Waals surface area contributed by atoms with Gasteiger partial charge in [-0.15, -0.1) is 0 Å². The first kappa shape index (κ1) is 27.6. The molecule has 0 heterocycles. The van der Waals surface area contributed by atoms with Gasteiger partial charge in [0.05, 0.1) is 26.2 Å². The van der Waals surface area contributed by atoms with Gasteiger partial charge in [0.25, 0.3) is 0 Å². The van der Waals surface area contributed by atoms with Gasteiger partial charge < -0.3 is 14.5 Å². The predicted molar refractivity (Wildman–Crippen MR) is 95.3 cm³/mol. The van der Waals surface area contributed by atoms with Crippen LogP contribution < -0.4 is 0 Å². The summed E-state index contributed by atoms with van der Waals surface area (Å²) in [5.74, 6) is 0. The van der Waals surface area contributed by atoms with Gasteiger partial charge in [0.2, 0.25) is 10.4 Å². The minimum Gasteiger partial charge on any atom is -0.726 e. The summed E-state index contributed by atoms with van der Waals surface area (Å²) in [6, 6.07) is 0. The zero-order valence-electron chi connectivity index (χ0n) is 15.5. The van der Waals surface area contributed by atoms with Crippen LogP contribution in [0, 0.1) is 0 Å². The molecule has 3 N–H and O–H groups in total. The van der Waals surface area contributed by atoms with E-state index in [0.717, 1.165) is 0 Å². The Hall–Kier alpha value is -0.210. The largest absolute Gasteiger partial charge is 0.726 e. The first-order chi connectivity index (χ1) is 10.2. The van der Waals surface area contributed by atoms with Crippen LogP contribution in [0.4, 0.5) is 0 Å². The fraction of sp³-hybridized carbons (Fsp3) is 1.00. The zero-order chi connectivity index (χ0) is 17.5. The Bertz CT molecular complexity index is 288. The maximum atomic E-state index is 8.63. The van der Waals surface area contributed by atoms with Gasteiger partial charge in [-0.05, 0) is 25.7 Å².